The van der Waals surface area contributed by atoms with E-state index >= 15 is 0 Å². The van der Waals surface area contributed by atoms with Crippen molar-refractivity contribution in [1.29, 1.82) is 0 Å². The van der Waals surface area contributed by atoms with Crippen LogP contribution in [-0.4, -0.2) is 56.3 Å². The van der Waals surface area contributed by atoms with Crippen LogP contribution in [-0.2, 0) is 32.0 Å². The number of hydrogen-bond donors (Lipinski definition) is 1. The van der Waals surface area contributed by atoms with E-state index in [9.17, 15) is 14.4 Å². The van der Waals surface area contributed by atoms with E-state index in [1.807, 2.05) is 18.2 Å². The average Bonchev–Trinajstić information content (AvgIpc) is 3.34. The van der Waals surface area contributed by atoms with E-state index in [2.05, 4.69) is 5.32 Å². The lowest BCUT2D eigenvalue weighted by atomic mass is 10.1. The minimum Gasteiger partial charge on any atom is -0.493 e. The van der Waals surface area contributed by atoms with Gasteiger partial charge in [-0.1, -0.05) is 24.3 Å². The number of para-hydroxylation sites is 1. The van der Waals surface area contributed by atoms with Crippen LogP contribution in [0.5, 0.6) is 23.0 Å². The fourth-order valence-electron chi connectivity index (χ4n) is 3.93. The zero-order chi connectivity index (χ0) is 27.6. The zero-order valence-corrected chi connectivity index (χ0v) is 21.8. The molecule has 0 saturated carbocycles. The molecular weight excluding hydrogens is 504 g/mol. The number of nitrogens with one attached hydrogen (secondary N) is 1. The lowest BCUT2D eigenvalue weighted by Gasteiger charge is -2.19. The number of nitrogens with zero attached hydrogens (tertiary/aromatic N) is 1. The third kappa shape index (κ3) is 7.64. The van der Waals surface area contributed by atoms with Crippen molar-refractivity contribution in [1.82, 2.24) is 4.90 Å². The van der Waals surface area contributed by atoms with Crippen LogP contribution in [0.15, 0.2) is 66.7 Å². The minimum atomic E-state index is -0.430. The highest BCUT2D eigenvalue weighted by Crippen LogP contribution is 2.36. The summed E-state index contributed by atoms with van der Waals surface area (Å²) < 4.78 is 27.3. The largest absolute Gasteiger partial charge is 0.493 e. The van der Waals surface area contributed by atoms with Gasteiger partial charge in [-0.15, -0.1) is 0 Å². The first-order valence-electron chi connectivity index (χ1n) is 12.5. The normalized spacial score (nSPS) is 12.5. The molecular formula is C29H30N2O8. The standard InChI is InChI=1S/C29H30N2O8/c1-3-36-28(33)16-20-9-11-25(35-2)26(15-20)39-24-12-10-22(17-21(24)18-31-13-14-37-29(31)34)30-27(32)19-38-23-7-5-4-6-8-23/h4-12,15,17H,3,13-14,16,18-19H2,1-2H3,(H,30,32). The Kier molecular flexibility index (Phi) is 9.23. The number of carbonyl (C=O) groups is 3. The van der Waals surface area contributed by atoms with Gasteiger partial charge in [0.15, 0.2) is 18.1 Å². The van der Waals surface area contributed by atoms with E-state index < -0.39 is 6.09 Å². The second-order valence-electron chi connectivity index (χ2n) is 8.58. The molecule has 3 aromatic carbocycles. The summed E-state index contributed by atoms with van der Waals surface area (Å²) in [6.45, 7) is 2.80. The second kappa shape index (κ2) is 13.2. The van der Waals surface area contributed by atoms with Crippen LogP contribution in [0.3, 0.4) is 0 Å². The number of methoxy groups -OCH3 is 1. The molecule has 0 atom stereocenters. The lowest BCUT2D eigenvalue weighted by Crippen LogP contribution is -2.24. The Balaban J connectivity index is 1.55. The van der Waals surface area contributed by atoms with Gasteiger partial charge in [-0.3, -0.25) is 9.59 Å². The van der Waals surface area contributed by atoms with E-state index in [0.29, 0.717) is 59.6 Å². The molecule has 0 aromatic heterocycles. The van der Waals surface area contributed by atoms with Gasteiger partial charge in [0.1, 0.15) is 18.1 Å². The second-order valence-corrected chi connectivity index (χ2v) is 8.58. The number of esters is 1. The molecule has 0 aliphatic carbocycles. The molecule has 204 valence electrons. The van der Waals surface area contributed by atoms with Crippen LogP contribution in [0, 0.1) is 0 Å². The van der Waals surface area contributed by atoms with Crippen LogP contribution >= 0.6 is 0 Å². The number of hydrogen-bond acceptors (Lipinski definition) is 8. The van der Waals surface area contributed by atoms with Crippen molar-refractivity contribution in [3.63, 3.8) is 0 Å². The van der Waals surface area contributed by atoms with E-state index in [-0.39, 0.29) is 31.4 Å². The van der Waals surface area contributed by atoms with Gasteiger partial charge in [0, 0.05) is 11.3 Å². The highest BCUT2D eigenvalue weighted by atomic mass is 16.6. The van der Waals surface area contributed by atoms with E-state index in [0.717, 1.165) is 0 Å². The molecule has 4 rings (SSSR count). The monoisotopic (exact) mass is 534 g/mol. The first kappa shape index (κ1) is 27.3. The molecule has 1 saturated heterocycles. The first-order valence-corrected chi connectivity index (χ1v) is 12.5. The van der Waals surface area contributed by atoms with Gasteiger partial charge < -0.3 is 33.9 Å². The Labute approximate surface area is 226 Å². The van der Waals surface area contributed by atoms with E-state index in [4.69, 9.17) is 23.7 Å². The van der Waals surface area contributed by atoms with Crippen molar-refractivity contribution >= 4 is 23.7 Å². The molecule has 1 N–H and O–H groups in total. The Bertz CT molecular complexity index is 1310. The summed E-state index contributed by atoms with van der Waals surface area (Å²) in [4.78, 5) is 38.2. The minimum absolute atomic E-state index is 0.0801. The zero-order valence-electron chi connectivity index (χ0n) is 21.8. The number of anilines is 1. The van der Waals surface area contributed by atoms with Crippen LogP contribution in [0.25, 0.3) is 0 Å². The number of amides is 2. The molecule has 3 aromatic rings. The Morgan fingerprint density at radius 1 is 1.00 bits per heavy atom. The molecule has 1 fully saturated rings. The summed E-state index contributed by atoms with van der Waals surface area (Å²) >= 11 is 0. The topological polar surface area (TPSA) is 113 Å². The van der Waals surface area contributed by atoms with Crippen molar-refractivity contribution in [2.24, 2.45) is 0 Å². The summed E-state index contributed by atoms with van der Waals surface area (Å²) in [5.41, 5.74) is 1.83. The first-order chi connectivity index (χ1) is 18.9. The Hall–Kier alpha value is -4.73. The highest BCUT2D eigenvalue weighted by Gasteiger charge is 2.24. The van der Waals surface area contributed by atoms with Gasteiger partial charge in [-0.2, -0.15) is 0 Å². The van der Waals surface area contributed by atoms with E-state index in [1.165, 1.54) is 7.11 Å². The number of benzene rings is 3. The number of cyclic esters (lactones) is 1. The van der Waals surface area contributed by atoms with Crippen molar-refractivity contribution < 1.29 is 38.1 Å². The fraction of sp³-hybridized carbons (Fsp3) is 0.276. The molecule has 2 amide bonds. The predicted octanol–water partition coefficient (Wildman–Crippen LogP) is 4.56. The third-order valence-corrected chi connectivity index (χ3v) is 5.77. The molecule has 10 nitrogen and oxygen atoms in total. The van der Waals surface area contributed by atoms with Crippen molar-refractivity contribution in [3.8, 4) is 23.0 Å². The molecule has 1 heterocycles. The van der Waals surface area contributed by atoms with Gasteiger partial charge in [0.25, 0.3) is 5.91 Å². The van der Waals surface area contributed by atoms with Gasteiger partial charge in [0.2, 0.25) is 0 Å². The molecule has 0 unspecified atom stereocenters. The van der Waals surface area contributed by atoms with Crippen LogP contribution < -0.4 is 19.5 Å². The highest BCUT2D eigenvalue weighted by molar-refractivity contribution is 5.92. The molecule has 10 heteroatoms. The molecule has 1 aliphatic heterocycles. The molecule has 39 heavy (non-hydrogen) atoms. The van der Waals surface area contributed by atoms with Gasteiger partial charge in [0.05, 0.1) is 33.2 Å². The number of ether oxygens (including phenoxy) is 5. The molecule has 0 spiro atoms. The fourth-order valence-corrected chi connectivity index (χ4v) is 3.93. The molecule has 0 bridgehead atoms. The van der Waals surface area contributed by atoms with Crippen LogP contribution in [0.4, 0.5) is 10.5 Å². The smallest absolute Gasteiger partial charge is 0.410 e. The Morgan fingerprint density at radius 2 is 1.79 bits per heavy atom. The predicted molar refractivity (Wildman–Crippen MR) is 142 cm³/mol. The quantitative estimate of drug-likeness (QED) is 0.337. The number of carbonyl (C=O) groups excluding carboxylic acids is 3. The van der Waals surface area contributed by atoms with Gasteiger partial charge >= 0.3 is 12.1 Å². The maximum absolute atomic E-state index is 12.5. The lowest BCUT2D eigenvalue weighted by molar-refractivity contribution is -0.142. The Morgan fingerprint density at radius 3 is 2.51 bits per heavy atom. The van der Waals surface area contributed by atoms with Gasteiger partial charge in [-0.05, 0) is 55.0 Å². The van der Waals surface area contributed by atoms with Crippen molar-refractivity contribution in [3.05, 3.63) is 77.9 Å². The summed E-state index contributed by atoms with van der Waals surface area (Å²) in [5, 5.41) is 2.81. The van der Waals surface area contributed by atoms with Crippen molar-refractivity contribution in [2.45, 2.75) is 19.9 Å². The summed E-state index contributed by atoms with van der Waals surface area (Å²) in [5.74, 6) is 1.19. The van der Waals surface area contributed by atoms with Crippen molar-refractivity contribution in [2.75, 3.05) is 38.8 Å². The van der Waals surface area contributed by atoms with Crippen LogP contribution in [0.1, 0.15) is 18.1 Å². The summed E-state index contributed by atoms with van der Waals surface area (Å²) in [6, 6.07) is 19.3. The maximum atomic E-state index is 12.5. The third-order valence-electron chi connectivity index (χ3n) is 5.77. The maximum Gasteiger partial charge on any atom is 0.410 e. The summed E-state index contributed by atoms with van der Waals surface area (Å²) in [6.07, 6.45) is -0.350. The summed E-state index contributed by atoms with van der Waals surface area (Å²) in [7, 11) is 1.52. The number of rotatable bonds is 12. The molecule has 1 aliphatic rings. The average molecular weight is 535 g/mol. The SMILES string of the molecule is CCOC(=O)Cc1ccc(OC)c(Oc2ccc(NC(=O)COc3ccccc3)cc2CN2CCOC2=O)c1. The van der Waals surface area contributed by atoms with Gasteiger partial charge in [-0.25, -0.2) is 4.79 Å². The van der Waals surface area contributed by atoms with Crippen LogP contribution in [0.2, 0.25) is 0 Å². The van der Waals surface area contributed by atoms with E-state index in [1.54, 1.807) is 60.4 Å². The molecule has 0 radical (unpaired) electrons.